The average molecular weight is 670 g/mol. The molecule has 3 aromatic rings. The van der Waals surface area contributed by atoms with Gasteiger partial charge in [0.25, 0.3) is 11.8 Å². The summed E-state index contributed by atoms with van der Waals surface area (Å²) in [4.78, 5) is 54.2. The molecule has 0 bridgehead atoms. The van der Waals surface area contributed by atoms with Gasteiger partial charge < -0.3 is 9.84 Å². The fraction of sp³-hybridized carbons (Fsp3) is 0.273. The van der Waals surface area contributed by atoms with Crippen LogP contribution < -0.4 is 14.5 Å². The molecule has 2 aliphatic carbocycles. The largest absolute Gasteiger partial charge is 0.508 e. The third-order valence-electron chi connectivity index (χ3n) is 9.53. The molecule has 4 amide bonds. The first-order chi connectivity index (χ1) is 21.4. The van der Waals surface area contributed by atoms with Gasteiger partial charge in [-0.15, -0.1) is 23.2 Å². The van der Waals surface area contributed by atoms with Crippen molar-refractivity contribution in [2.75, 3.05) is 16.9 Å². The van der Waals surface area contributed by atoms with Crippen molar-refractivity contribution in [2.45, 2.75) is 28.5 Å². The van der Waals surface area contributed by atoms with Crippen molar-refractivity contribution < 1.29 is 33.4 Å². The molecular formula is C33H24Cl3FN2O6. The summed E-state index contributed by atoms with van der Waals surface area (Å²) in [5.41, 5.74) is 1.13. The second-order valence-electron chi connectivity index (χ2n) is 11.7. The third kappa shape index (κ3) is 4.03. The van der Waals surface area contributed by atoms with Gasteiger partial charge in [0, 0.05) is 22.6 Å². The van der Waals surface area contributed by atoms with E-state index in [1.54, 1.807) is 36.4 Å². The van der Waals surface area contributed by atoms with Crippen molar-refractivity contribution >= 4 is 69.8 Å². The van der Waals surface area contributed by atoms with E-state index in [-0.39, 0.29) is 29.8 Å². The van der Waals surface area contributed by atoms with Crippen LogP contribution >= 0.6 is 34.8 Å². The zero-order valence-corrected chi connectivity index (χ0v) is 25.8. The van der Waals surface area contributed by atoms with Gasteiger partial charge in [-0.1, -0.05) is 29.3 Å². The predicted octanol–water partition coefficient (Wildman–Crippen LogP) is 5.96. The van der Waals surface area contributed by atoms with E-state index >= 15 is 0 Å². The fourth-order valence-corrected chi connectivity index (χ4v) is 8.54. The Balaban J connectivity index is 1.40. The number of imide groups is 2. The molecule has 0 spiro atoms. The van der Waals surface area contributed by atoms with E-state index < -0.39 is 62.9 Å². The number of benzene rings is 3. The molecule has 1 saturated carbocycles. The molecule has 12 heteroatoms. The number of methoxy groups -OCH3 is 1. The zero-order valence-electron chi connectivity index (χ0n) is 23.5. The van der Waals surface area contributed by atoms with Gasteiger partial charge in [0.1, 0.15) is 17.3 Å². The molecule has 0 aromatic heterocycles. The quantitative estimate of drug-likeness (QED) is 0.209. The number of carbonyl (C=O) groups excluding carboxylic acids is 4. The molecule has 1 N–H and O–H groups in total. The number of ether oxygens (including phenoxy) is 1. The Morgan fingerprint density at radius 3 is 2.16 bits per heavy atom. The van der Waals surface area contributed by atoms with Crippen LogP contribution in [0.5, 0.6) is 11.5 Å². The lowest BCUT2D eigenvalue weighted by molar-refractivity contribution is -0.125. The first kappa shape index (κ1) is 29.8. The Labute approximate surface area is 271 Å². The topological polar surface area (TPSA) is 104 Å². The predicted molar refractivity (Wildman–Crippen MR) is 165 cm³/mol. The van der Waals surface area contributed by atoms with Crippen molar-refractivity contribution in [3.05, 3.63) is 94.8 Å². The van der Waals surface area contributed by atoms with Gasteiger partial charge in [-0.05, 0) is 73.4 Å². The number of hydrogen-bond acceptors (Lipinski definition) is 6. The molecule has 4 aliphatic rings. The van der Waals surface area contributed by atoms with E-state index in [2.05, 4.69) is 0 Å². The monoisotopic (exact) mass is 668 g/mol. The number of phenolic OH excluding ortho intramolecular Hbond substituents is 1. The maximum Gasteiger partial charge on any atom is 0.258 e. The number of halogens is 4. The van der Waals surface area contributed by atoms with Crippen molar-refractivity contribution in [3.63, 3.8) is 0 Å². The van der Waals surface area contributed by atoms with Crippen LogP contribution in [-0.4, -0.2) is 45.6 Å². The molecule has 3 fully saturated rings. The minimum absolute atomic E-state index is 0.0643. The van der Waals surface area contributed by atoms with E-state index in [4.69, 9.17) is 39.5 Å². The lowest BCUT2D eigenvalue weighted by Gasteiger charge is -2.50. The molecule has 230 valence electrons. The fourth-order valence-electron chi connectivity index (χ4n) is 7.48. The van der Waals surface area contributed by atoms with Crippen LogP contribution in [0.2, 0.25) is 5.02 Å². The molecule has 2 heterocycles. The molecule has 45 heavy (non-hydrogen) atoms. The molecule has 2 saturated heterocycles. The van der Waals surface area contributed by atoms with Gasteiger partial charge in [0.15, 0.2) is 9.75 Å². The van der Waals surface area contributed by atoms with Crippen molar-refractivity contribution in [1.82, 2.24) is 0 Å². The molecular weight excluding hydrogens is 646 g/mol. The van der Waals surface area contributed by atoms with Gasteiger partial charge in [-0.25, -0.2) is 9.29 Å². The molecule has 8 nitrogen and oxygen atoms in total. The Kier molecular flexibility index (Phi) is 6.82. The number of allylic oxidation sites excluding steroid dienone is 2. The number of anilines is 2. The highest BCUT2D eigenvalue weighted by atomic mass is 35.5. The third-order valence-corrected chi connectivity index (χ3v) is 11.2. The van der Waals surface area contributed by atoms with Gasteiger partial charge in [0.05, 0.1) is 30.3 Å². The summed E-state index contributed by atoms with van der Waals surface area (Å²) in [6, 6.07) is 15.5. The van der Waals surface area contributed by atoms with Gasteiger partial charge in [-0.2, -0.15) is 0 Å². The van der Waals surface area contributed by atoms with Crippen LogP contribution in [0.3, 0.4) is 0 Å². The summed E-state index contributed by atoms with van der Waals surface area (Å²) in [5, 5.41) is 11.7. The minimum atomic E-state index is -2.16. The molecule has 6 atom stereocenters. The number of rotatable bonds is 4. The first-order valence-corrected chi connectivity index (χ1v) is 15.3. The van der Waals surface area contributed by atoms with E-state index in [0.717, 1.165) is 21.9 Å². The highest BCUT2D eigenvalue weighted by Crippen LogP contribution is 2.66. The number of phenols is 1. The summed E-state index contributed by atoms with van der Waals surface area (Å²) in [6.45, 7) is 0. The number of alkyl halides is 2. The van der Waals surface area contributed by atoms with Crippen LogP contribution in [0.1, 0.15) is 24.3 Å². The van der Waals surface area contributed by atoms with Crippen LogP contribution in [0.15, 0.2) is 78.4 Å². The van der Waals surface area contributed by atoms with Gasteiger partial charge >= 0.3 is 0 Å². The highest BCUT2D eigenvalue weighted by Gasteiger charge is 2.77. The lowest BCUT2D eigenvalue weighted by Crippen LogP contribution is -2.60. The number of hydrogen-bond donors (Lipinski definition) is 1. The lowest BCUT2D eigenvalue weighted by atomic mass is 9.56. The number of fused-ring (bicyclic) bond motifs is 4. The Bertz CT molecular complexity index is 1830. The molecule has 0 unspecified atom stereocenters. The Morgan fingerprint density at radius 2 is 1.51 bits per heavy atom. The van der Waals surface area contributed by atoms with Crippen molar-refractivity contribution in [1.29, 1.82) is 0 Å². The van der Waals surface area contributed by atoms with Crippen LogP contribution in [0.25, 0.3) is 0 Å². The number of nitrogens with zero attached hydrogens (tertiary/aromatic N) is 2. The molecule has 3 aromatic carbocycles. The van der Waals surface area contributed by atoms with Crippen LogP contribution in [-0.2, 0) is 19.2 Å². The second kappa shape index (κ2) is 10.3. The summed E-state index contributed by atoms with van der Waals surface area (Å²) in [7, 11) is 1.43. The maximum absolute atomic E-state index is 14.4. The van der Waals surface area contributed by atoms with E-state index in [1.165, 1.54) is 31.4 Å². The summed E-state index contributed by atoms with van der Waals surface area (Å²) >= 11 is 20.7. The summed E-state index contributed by atoms with van der Waals surface area (Å²) in [6.07, 6.45) is 1.69. The number of amides is 4. The van der Waals surface area contributed by atoms with E-state index in [9.17, 15) is 28.7 Å². The molecule has 2 aliphatic heterocycles. The zero-order chi connectivity index (χ0) is 32.0. The summed E-state index contributed by atoms with van der Waals surface area (Å²) in [5.74, 6) is -6.74. The highest BCUT2D eigenvalue weighted by molar-refractivity contribution is 6.58. The first-order valence-electron chi connectivity index (χ1n) is 14.1. The standard InChI is InChI=1S/C33H24Cl3FN2O6/c1-45-20-10-11-22(25(40)14-20)27-21-12-13-23-26(29(42)38(28(23)41)18-6-2-16(34)3-7-18)24(21)15-32(35)30(43)39(31(44)33(27,32)36)19-8-4-17(37)5-9-19/h2-12,14,23-24,26-27,40H,13,15H2,1H3/t23-,24+,26-,27+,32+,33-/m0/s1. The number of aromatic hydroxyl groups is 1. The SMILES string of the molecule is COc1ccc([C@H]2C3=CC[C@@H]4C(=O)N(c5ccc(Cl)cc5)C(=O)[C@@H]4[C@@H]3C[C@@]3(Cl)C(=O)N(c4ccc(F)cc4)C(=O)[C@@]23Cl)c(O)c1. The van der Waals surface area contributed by atoms with Crippen molar-refractivity contribution in [2.24, 2.45) is 17.8 Å². The molecule has 7 rings (SSSR count). The Morgan fingerprint density at radius 1 is 0.867 bits per heavy atom. The minimum Gasteiger partial charge on any atom is -0.508 e. The summed E-state index contributed by atoms with van der Waals surface area (Å²) < 4.78 is 19.1. The van der Waals surface area contributed by atoms with Gasteiger partial charge in [0.2, 0.25) is 11.8 Å². The van der Waals surface area contributed by atoms with Crippen molar-refractivity contribution in [3.8, 4) is 11.5 Å². The average Bonchev–Trinajstić information content (AvgIpc) is 3.36. The van der Waals surface area contributed by atoms with E-state index in [0.29, 0.717) is 22.0 Å². The maximum atomic E-state index is 14.4. The smallest absolute Gasteiger partial charge is 0.258 e. The normalized spacial score (nSPS) is 30.6. The van der Waals surface area contributed by atoms with E-state index in [1.807, 2.05) is 0 Å². The number of carbonyl (C=O) groups is 4. The Hall–Kier alpha value is -3.92. The van der Waals surface area contributed by atoms with Gasteiger partial charge in [-0.3, -0.25) is 24.1 Å². The second-order valence-corrected chi connectivity index (χ2v) is 13.3. The van der Waals surface area contributed by atoms with Crippen LogP contribution in [0.4, 0.5) is 15.8 Å². The van der Waals surface area contributed by atoms with Crippen LogP contribution in [0, 0.1) is 23.6 Å². The molecule has 0 radical (unpaired) electrons.